The molecular weight excluding hydrogens is 294 g/mol. The fourth-order valence-electron chi connectivity index (χ4n) is 1.34. The number of rotatable bonds is 5. The molecule has 106 valence electrons. The Balaban J connectivity index is 3.13. The Morgan fingerprint density at radius 2 is 2.11 bits per heavy atom. The van der Waals surface area contributed by atoms with E-state index >= 15 is 0 Å². The van der Waals surface area contributed by atoms with Crippen molar-refractivity contribution in [3.05, 3.63) is 23.2 Å². The maximum atomic E-state index is 12.1. The third kappa shape index (κ3) is 3.80. The molecule has 0 saturated carbocycles. The van der Waals surface area contributed by atoms with Crippen molar-refractivity contribution in [1.29, 1.82) is 0 Å². The van der Waals surface area contributed by atoms with Crippen LogP contribution in [0.5, 0.6) is 5.75 Å². The van der Waals surface area contributed by atoms with E-state index in [2.05, 4.69) is 4.72 Å². The SMILES string of the molecule is COc1ccc(Cl)cc1S(=O)(=O)N[C@@H](C)C(=O)NN. The van der Waals surface area contributed by atoms with Crippen molar-refractivity contribution in [3.8, 4) is 5.75 Å². The van der Waals surface area contributed by atoms with Gasteiger partial charge in [0, 0.05) is 5.02 Å². The third-order valence-electron chi connectivity index (χ3n) is 2.28. The van der Waals surface area contributed by atoms with Crippen molar-refractivity contribution >= 4 is 27.5 Å². The molecule has 0 bridgehead atoms. The molecule has 0 fully saturated rings. The van der Waals surface area contributed by atoms with Gasteiger partial charge in [-0.15, -0.1) is 0 Å². The smallest absolute Gasteiger partial charge is 0.251 e. The molecule has 0 aliphatic heterocycles. The van der Waals surface area contributed by atoms with Gasteiger partial charge in [0.1, 0.15) is 10.6 Å². The van der Waals surface area contributed by atoms with Crippen LogP contribution in [0.25, 0.3) is 0 Å². The van der Waals surface area contributed by atoms with Crippen LogP contribution in [0.4, 0.5) is 0 Å². The summed E-state index contributed by atoms with van der Waals surface area (Å²) < 4.78 is 31.4. The highest BCUT2D eigenvalue weighted by molar-refractivity contribution is 7.89. The second-order valence-electron chi connectivity index (χ2n) is 3.65. The highest BCUT2D eigenvalue weighted by Crippen LogP contribution is 2.26. The summed E-state index contributed by atoms with van der Waals surface area (Å²) in [5.41, 5.74) is 1.86. The second kappa shape index (κ2) is 6.20. The van der Waals surface area contributed by atoms with Gasteiger partial charge in [-0.25, -0.2) is 14.3 Å². The number of carbonyl (C=O) groups excluding carboxylic acids is 1. The van der Waals surface area contributed by atoms with Crippen LogP contribution in [0.2, 0.25) is 5.02 Å². The zero-order valence-corrected chi connectivity index (χ0v) is 11.9. The van der Waals surface area contributed by atoms with Crippen LogP contribution in [-0.2, 0) is 14.8 Å². The van der Waals surface area contributed by atoms with E-state index in [1.165, 1.54) is 32.2 Å². The van der Waals surface area contributed by atoms with E-state index in [0.717, 1.165) is 0 Å². The number of nitrogens with one attached hydrogen (secondary N) is 2. The molecule has 0 spiro atoms. The first kappa shape index (κ1) is 15.7. The van der Waals surface area contributed by atoms with Gasteiger partial charge in [-0.2, -0.15) is 4.72 Å². The first-order valence-electron chi connectivity index (χ1n) is 5.18. The summed E-state index contributed by atoms with van der Waals surface area (Å²) in [5, 5.41) is 0.233. The van der Waals surface area contributed by atoms with Crippen molar-refractivity contribution in [3.63, 3.8) is 0 Å². The monoisotopic (exact) mass is 307 g/mol. The fraction of sp³-hybridized carbons (Fsp3) is 0.300. The van der Waals surface area contributed by atoms with Gasteiger partial charge in [-0.1, -0.05) is 11.6 Å². The Kier molecular flexibility index (Phi) is 5.12. The highest BCUT2D eigenvalue weighted by atomic mass is 35.5. The lowest BCUT2D eigenvalue weighted by Crippen LogP contribution is -2.47. The normalized spacial score (nSPS) is 12.8. The summed E-state index contributed by atoms with van der Waals surface area (Å²) in [6.07, 6.45) is 0. The summed E-state index contributed by atoms with van der Waals surface area (Å²) >= 11 is 5.76. The quantitative estimate of drug-likeness (QED) is 0.403. The molecule has 4 N–H and O–H groups in total. The van der Waals surface area contributed by atoms with E-state index in [-0.39, 0.29) is 15.7 Å². The van der Waals surface area contributed by atoms with Gasteiger partial charge in [0.15, 0.2) is 0 Å². The Morgan fingerprint density at radius 1 is 1.47 bits per heavy atom. The molecule has 0 heterocycles. The van der Waals surface area contributed by atoms with Crippen LogP contribution in [0.15, 0.2) is 23.1 Å². The van der Waals surface area contributed by atoms with Gasteiger partial charge in [-0.05, 0) is 25.1 Å². The van der Waals surface area contributed by atoms with Crippen LogP contribution in [0.3, 0.4) is 0 Å². The standard InChI is InChI=1S/C10H14ClN3O4S/c1-6(10(15)13-12)14-19(16,17)9-5-7(11)3-4-8(9)18-2/h3-6,14H,12H2,1-2H3,(H,13,15)/t6-/m0/s1. The number of carbonyl (C=O) groups is 1. The molecular formula is C10H14ClN3O4S. The molecule has 1 aromatic carbocycles. The van der Waals surface area contributed by atoms with Crippen LogP contribution < -0.4 is 20.7 Å². The Hall–Kier alpha value is -1.35. The van der Waals surface area contributed by atoms with E-state index in [0.29, 0.717) is 0 Å². The molecule has 0 aliphatic rings. The average molecular weight is 308 g/mol. The lowest BCUT2D eigenvalue weighted by atomic mass is 10.3. The van der Waals surface area contributed by atoms with Crippen molar-refractivity contribution in [2.24, 2.45) is 5.84 Å². The van der Waals surface area contributed by atoms with Crippen molar-refractivity contribution in [2.75, 3.05) is 7.11 Å². The first-order chi connectivity index (χ1) is 8.81. The Morgan fingerprint density at radius 3 is 2.63 bits per heavy atom. The number of hydrazine groups is 1. The topological polar surface area (TPSA) is 111 Å². The van der Waals surface area contributed by atoms with E-state index in [9.17, 15) is 13.2 Å². The van der Waals surface area contributed by atoms with Crippen molar-refractivity contribution in [1.82, 2.24) is 10.1 Å². The maximum Gasteiger partial charge on any atom is 0.251 e. The largest absolute Gasteiger partial charge is 0.495 e. The molecule has 7 nitrogen and oxygen atoms in total. The molecule has 0 radical (unpaired) electrons. The van der Waals surface area contributed by atoms with Gasteiger partial charge < -0.3 is 4.74 Å². The summed E-state index contributed by atoms with van der Waals surface area (Å²) in [6.45, 7) is 1.36. The van der Waals surface area contributed by atoms with E-state index < -0.39 is 22.0 Å². The van der Waals surface area contributed by atoms with Crippen LogP contribution >= 0.6 is 11.6 Å². The average Bonchev–Trinajstić information content (AvgIpc) is 2.37. The molecule has 1 aromatic rings. The van der Waals surface area contributed by atoms with Crippen molar-refractivity contribution < 1.29 is 17.9 Å². The molecule has 1 amide bonds. The van der Waals surface area contributed by atoms with E-state index in [1.807, 2.05) is 5.43 Å². The zero-order valence-electron chi connectivity index (χ0n) is 10.3. The minimum atomic E-state index is -3.96. The minimum Gasteiger partial charge on any atom is -0.495 e. The number of nitrogens with two attached hydrogens (primary N) is 1. The molecule has 19 heavy (non-hydrogen) atoms. The Labute approximate surface area is 116 Å². The number of halogens is 1. The highest BCUT2D eigenvalue weighted by Gasteiger charge is 2.24. The number of sulfonamides is 1. The fourth-order valence-corrected chi connectivity index (χ4v) is 2.97. The van der Waals surface area contributed by atoms with Gasteiger partial charge >= 0.3 is 0 Å². The molecule has 1 atom stereocenters. The Bertz CT molecular complexity index is 576. The first-order valence-corrected chi connectivity index (χ1v) is 7.04. The number of hydrogen-bond donors (Lipinski definition) is 3. The number of methoxy groups -OCH3 is 1. The number of amides is 1. The maximum absolute atomic E-state index is 12.1. The zero-order chi connectivity index (χ0) is 14.6. The summed E-state index contributed by atoms with van der Waals surface area (Å²) in [4.78, 5) is 11.1. The number of benzene rings is 1. The van der Waals surface area contributed by atoms with Gasteiger partial charge in [0.05, 0.1) is 13.2 Å². The van der Waals surface area contributed by atoms with Crippen LogP contribution in [0.1, 0.15) is 6.92 Å². The minimum absolute atomic E-state index is 0.122. The number of hydrogen-bond acceptors (Lipinski definition) is 5. The van der Waals surface area contributed by atoms with Gasteiger partial charge in [0.25, 0.3) is 5.91 Å². The molecule has 0 aliphatic carbocycles. The van der Waals surface area contributed by atoms with Gasteiger partial charge in [-0.3, -0.25) is 10.2 Å². The van der Waals surface area contributed by atoms with E-state index in [4.69, 9.17) is 22.2 Å². The molecule has 9 heteroatoms. The number of ether oxygens (including phenoxy) is 1. The predicted molar refractivity (Wildman–Crippen MR) is 70.1 cm³/mol. The summed E-state index contributed by atoms with van der Waals surface area (Å²) in [7, 11) is -2.62. The summed E-state index contributed by atoms with van der Waals surface area (Å²) in [5.74, 6) is 4.39. The summed E-state index contributed by atoms with van der Waals surface area (Å²) in [6, 6.07) is 3.12. The van der Waals surface area contributed by atoms with E-state index in [1.54, 1.807) is 0 Å². The van der Waals surface area contributed by atoms with Gasteiger partial charge in [0.2, 0.25) is 10.0 Å². The second-order valence-corrected chi connectivity index (χ2v) is 5.77. The molecule has 1 rings (SSSR count). The predicted octanol–water partition coefficient (Wildman–Crippen LogP) is 0.00530. The molecule has 0 aromatic heterocycles. The lowest BCUT2D eigenvalue weighted by Gasteiger charge is -2.14. The third-order valence-corrected chi connectivity index (χ3v) is 4.08. The lowest BCUT2D eigenvalue weighted by molar-refractivity contribution is -0.122. The molecule has 0 unspecified atom stereocenters. The van der Waals surface area contributed by atoms with Crippen LogP contribution in [0, 0.1) is 0 Å². The molecule has 0 saturated heterocycles. The van der Waals surface area contributed by atoms with Crippen LogP contribution in [-0.4, -0.2) is 27.5 Å². The van der Waals surface area contributed by atoms with Crippen molar-refractivity contribution in [2.45, 2.75) is 17.9 Å².